The molecule has 0 radical (unpaired) electrons. The van der Waals surface area contributed by atoms with E-state index in [1.165, 1.54) is 34.0 Å². The molecule has 4 rings (SSSR count). The van der Waals surface area contributed by atoms with Crippen molar-refractivity contribution in [1.29, 1.82) is 0 Å². The van der Waals surface area contributed by atoms with Crippen molar-refractivity contribution in [1.82, 2.24) is 14.3 Å². The lowest BCUT2D eigenvalue weighted by atomic mass is 10.2. The molecule has 0 aliphatic carbocycles. The minimum Gasteiger partial charge on any atom is -0.352 e. The molecule has 7 heteroatoms. The van der Waals surface area contributed by atoms with Gasteiger partial charge < -0.3 is 9.80 Å². The van der Waals surface area contributed by atoms with Gasteiger partial charge in [0.15, 0.2) is 5.82 Å². The average molecular weight is 315 g/mol. The zero-order valence-electron chi connectivity index (χ0n) is 11.8. The molecule has 3 heterocycles. The fourth-order valence-electron chi connectivity index (χ4n) is 2.69. The third-order valence-corrected chi connectivity index (χ3v) is 4.64. The number of fused-ring (bicyclic) bond motifs is 1. The zero-order chi connectivity index (χ0) is 14.9. The Bertz CT molecular complexity index is 780. The smallest absolute Gasteiger partial charge is 0.225 e. The second-order valence-electron chi connectivity index (χ2n) is 5.18. The predicted molar refractivity (Wildman–Crippen MR) is 86.0 cm³/mol. The van der Waals surface area contributed by atoms with Crippen LogP contribution >= 0.6 is 11.5 Å². The molecule has 1 fully saturated rings. The van der Waals surface area contributed by atoms with Gasteiger partial charge in [-0.2, -0.15) is 4.37 Å². The van der Waals surface area contributed by atoms with Crippen LogP contribution < -0.4 is 9.80 Å². The summed E-state index contributed by atoms with van der Waals surface area (Å²) in [5.74, 6) is 1.24. The third kappa shape index (κ3) is 2.37. The first-order valence-corrected chi connectivity index (χ1v) is 7.90. The van der Waals surface area contributed by atoms with Gasteiger partial charge in [-0.05, 0) is 23.7 Å². The highest BCUT2D eigenvalue weighted by atomic mass is 32.1. The highest BCUT2D eigenvalue weighted by molar-refractivity contribution is 7.13. The molecular weight excluding hydrogens is 301 g/mol. The van der Waals surface area contributed by atoms with Crippen molar-refractivity contribution in [3.05, 3.63) is 42.5 Å². The monoisotopic (exact) mass is 315 g/mol. The molecule has 22 heavy (non-hydrogen) atoms. The summed E-state index contributed by atoms with van der Waals surface area (Å²) in [6, 6.07) is 8.29. The van der Waals surface area contributed by atoms with E-state index in [0.717, 1.165) is 32.0 Å². The molecule has 0 spiro atoms. The van der Waals surface area contributed by atoms with Gasteiger partial charge in [0.2, 0.25) is 5.95 Å². The molecule has 1 aromatic carbocycles. The maximum absolute atomic E-state index is 12.9. The Morgan fingerprint density at radius 3 is 2.41 bits per heavy atom. The van der Waals surface area contributed by atoms with E-state index in [1.54, 1.807) is 0 Å². The van der Waals surface area contributed by atoms with Gasteiger partial charge in [0, 0.05) is 31.6 Å². The maximum Gasteiger partial charge on any atom is 0.225 e. The van der Waals surface area contributed by atoms with E-state index in [4.69, 9.17) is 0 Å². The third-order valence-electron chi connectivity index (χ3n) is 3.83. The van der Waals surface area contributed by atoms with Crippen molar-refractivity contribution in [3.63, 3.8) is 0 Å². The van der Waals surface area contributed by atoms with E-state index in [1.807, 2.05) is 12.1 Å². The molecule has 0 atom stereocenters. The molecule has 1 saturated heterocycles. The van der Waals surface area contributed by atoms with Gasteiger partial charge in [0.05, 0.1) is 17.1 Å². The lowest BCUT2D eigenvalue weighted by Gasteiger charge is -2.35. The molecule has 0 unspecified atom stereocenters. The number of benzene rings is 1. The lowest BCUT2D eigenvalue weighted by molar-refractivity contribution is 0.602. The first kappa shape index (κ1) is 13.4. The number of nitrogens with zero attached hydrogens (tertiary/aromatic N) is 5. The topological polar surface area (TPSA) is 45.2 Å². The largest absolute Gasteiger partial charge is 0.352 e. The van der Waals surface area contributed by atoms with Crippen LogP contribution in [0.25, 0.3) is 10.1 Å². The number of anilines is 2. The summed E-state index contributed by atoms with van der Waals surface area (Å²) in [5, 5.41) is 1.21. The molecule has 1 aliphatic rings. The number of hydrogen-bond donors (Lipinski definition) is 0. The maximum atomic E-state index is 12.9. The summed E-state index contributed by atoms with van der Waals surface area (Å²) < 4.78 is 18.7. The van der Waals surface area contributed by atoms with E-state index in [2.05, 4.69) is 36.3 Å². The first-order valence-electron chi connectivity index (χ1n) is 7.13. The van der Waals surface area contributed by atoms with Crippen LogP contribution in [0.3, 0.4) is 0 Å². The molecule has 3 aromatic rings. The molecule has 0 bridgehead atoms. The standard InChI is InChI=1S/C15H14FN5S/c16-11-9-17-15(18-10-11)21-7-5-20(6-8-21)14-12-3-1-2-4-13(12)22-19-14/h1-4,9-10H,5-8H2. The van der Waals surface area contributed by atoms with Gasteiger partial charge in [0.1, 0.15) is 5.82 Å². The summed E-state index contributed by atoms with van der Waals surface area (Å²) in [6.45, 7) is 3.32. The van der Waals surface area contributed by atoms with Gasteiger partial charge >= 0.3 is 0 Å². The number of aromatic nitrogens is 3. The van der Waals surface area contributed by atoms with Gasteiger partial charge in [-0.1, -0.05) is 12.1 Å². The van der Waals surface area contributed by atoms with Gasteiger partial charge in [-0.15, -0.1) is 0 Å². The number of hydrogen-bond acceptors (Lipinski definition) is 6. The van der Waals surface area contributed by atoms with Gasteiger partial charge in [0.25, 0.3) is 0 Å². The SMILES string of the molecule is Fc1cnc(N2CCN(c3nsc4ccccc34)CC2)nc1. The number of rotatable bonds is 2. The normalized spacial score (nSPS) is 15.5. The first-order chi connectivity index (χ1) is 10.8. The van der Waals surface area contributed by atoms with Crippen LogP contribution in [0.15, 0.2) is 36.7 Å². The summed E-state index contributed by atoms with van der Waals surface area (Å²) in [4.78, 5) is 12.5. The molecule has 0 N–H and O–H groups in total. The zero-order valence-corrected chi connectivity index (χ0v) is 12.6. The molecule has 0 amide bonds. The van der Waals surface area contributed by atoms with Crippen LogP contribution in [0.4, 0.5) is 16.2 Å². The Balaban J connectivity index is 1.51. The minimum atomic E-state index is -0.406. The van der Waals surface area contributed by atoms with E-state index in [-0.39, 0.29) is 0 Å². The van der Waals surface area contributed by atoms with Crippen molar-refractivity contribution < 1.29 is 4.39 Å². The van der Waals surface area contributed by atoms with Crippen molar-refractivity contribution >= 4 is 33.4 Å². The number of piperazine rings is 1. The Kier molecular flexibility index (Phi) is 3.34. The van der Waals surface area contributed by atoms with E-state index in [9.17, 15) is 4.39 Å². The highest BCUT2D eigenvalue weighted by Gasteiger charge is 2.22. The summed E-state index contributed by atoms with van der Waals surface area (Å²) >= 11 is 1.53. The average Bonchev–Trinajstić information content (AvgIpc) is 3.00. The summed E-state index contributed by atoms with van der Waals surface area (Å²) in [5.41, 5.74) is 0. The van der Waals surface area contributed by atoms with Crippen LogP contribution in [-0.2, 0) is 0 Å². The van der Waals surface area contributed by atoms with Crippen molar-refractivity contribution in [2.24, 2.45) is 0 Å². The Morgan fingerprint density at radius 2 is 1.64 bits per heavy atom. The Morgan fingerprint density at radius 1 is 0.955 bits per heavy atom. The van der Waals surface area contributed by atoms with Crippen LogP contribution in [0, 0.1) is 5.82 Å². The summed E-state index contributed by atoms with van der Waals surface area (Å²) in [6.07, 6.45) is 2.42. The fourth-order valence-corrected chi connectivity index (χ4v) is 3.48. The van der Waals surface area contributed by atoms with Crippen molar-refractivity contribution in [2.75, 3.05) is 36.0 Å². The van der Waals surface area contributed by atoms with E-state index in [0.29, 0.717) is 5.95 Å². The highest BCUT2D eigenvalue weighted by Crippen LogP contribution is 2.30. The van der Waals surface area contributed by atoms with Crippen molar-refractivity contribution in [2.45, 2.75) is 0 Å². The van der Waals surface area contributed by atoms with Crippen LogP contribution in [0.5, 0.6) is 0 Å². The lowest BCUT2D eigenvalue weighted by Crippen LogP contribution is -2.47. The molecule has 5 nitrogen and oxygen atoms in total. The molecule has 1 aliphatic heterocycles. The van der Waals surface area contributed by atoms with E-state index < -0.39 is 5.82 Å². The quantitative estimate of drug-likeness (QED) is 0.727. The van der Waals surface area contributed by atoms with Crippen LogP contribution in [-0.4, -0.2) is 40.5 Å². The Labute approximate surface area is 131 Å². The minimum absolute atomic E-state index is 0.406. The fraction of sp³-hybridized carbons (Fsp3) is 0.267. The van der Waals surface area contributed by atoms with E-state index >= 15 is 0 Å². The second-order valence-corrected chi connectivity index (χ2v) is 5.98. The summed E-state index contributed by atoms with van der Waals surface area (Å²) in [7, 11) is 0. The molecule has 2 aromatic heterocycles. The molecule has 0 saturated carbocycles. The predicted octanol–water partition coefficient (Wildman–Crippen LogP) is 2.55. The van der Waals surface area contributed by atoms with Crippen molar-refractivity contribution in [3.8, 4) is 0 Å². The Hall–Kier alpha value is -2.28. The number of halogens is 1. The molecule has 112 valence electrons. The van der Waals surface area contributed by atoms with Crippen LogP contribution in [0.1, 0.15) is 0 Å². The molecular formula is C15H14FN5S. The van der Waals surface area contributed by atoms with Gasteiger partial charge in [-0.3, -0.25) is 0 Å². The second kappa shape index (κ2) is 5.49. The van der Waals surface area contributed by atoms with Crippen LogP contribution in [0.2, 0.25) is 0 Å². The van der Waals surface area contributed by atoms with Gasteiger partial charge in [-0.25, -0.2) is 14.4 Å².